The number of carbonyl (C=O) groups excluding carboxylic acids is 1. The van der Waals surface area contributed by atoms with E-state index in [1.165, 1.54) is 5.06 Å². The normalized spacial score (nSPS) is 26.3. The quantitative estimate of drug-likeness (QED) is 0.710. The molecule has 96 valence electrons. The summed E-state index contributed by atoms with van der Waals surface area (Å²) < 4.78 is 0. The van der Waals surface area contributed by atoms with Crippen molar-refractivity contribution in [2.75, 3.05) is 13.2 Å². The number of fused-ring (bicyclic) bond motifs is 2. The van der Waals surface area contributed by atoms with E-state index in [1.807, 2.05) is 6.08 Å². The lowest BCUT2D eigenvalue weighted by atomic mass is 9.91. The van der Waals surface area contributed by atoms with Crippen molar-refractivity contribution < 1.29 is 9.63 Å². The Bertz CT molecular complexity index is 436. The average molecular weight is 247 g/mol. The summed E-state index contributed by atoms with van der Waals surface area (Å²) in [5.74, 6) is 0.286. The molecular weight excluding hydrogens is 230 g/mol. The van der Waals surface area contributed by atoms with Gasteiger partial charge in [0.2, 0.25) is 0 Å². The second-order valence-electron chi connectivity index (χ2n) is 4.76. The van der Waals surface area contributed by atoms with E-state index in [9.17, 15) is 4.79 Å². The zero-order valence-electron chi connectivity index (χ0n) is 10.7. The third-order valence-corrected chi connectivity index (χ3v) is 3.29. The van der Waals surface area contributed by atoms with Crippen LogP contribution >= 0.6 is 0 Å². The number of urea groups is 1. The molecule has 0 radical (unpaired) electrons. The average Bonchev–Trinajstić information content (AvgIpc) is 2.62. The van der Waals surface area contributed by atoms with Crippen LogP contribution < -0.4 is 0 Å². The molecule has 0 N–H and O–H groups in total. The zero-order chi connectivity index (χ0) is 13.3. The highest BCUT2D eigenvalue weighted by Gasteiger charge is 2.47. The van der Waals surface area contributed by atoms with Crippen molar-refractivity contribution in [2.24, 2.45) is 5.92 Å². The molecule has 2 aliphatic rings. The third-order valence-electron chi connectivity index (χ3n) is 3.29. The zero-order valence-corrected chi connectivity index (χ0v) is 10.7. The fourth-order valence-corrected chi connectivity index (χ4v) is 2.42. The molecule has 0 spiro atoms. The van der Waals surface area contributed by atoms with Gasteiger partial charge in [0.15, 0.2) is 0 Å². The van der Waals surface area contributed by atoms with Gasteiger partial charge in [-0.3, -0.25) is 4.84 Å². The minimum absolute atomic E-state index is 0.0814. The number of hydrogen-bond donors (Lipinski definition) is 0. The van der Waals surface area contributed by atoms with Gasteiger partial charge in [-0.2, -0.15) is 10.3 Å². The number of rotatable bonds is 4. The molecule has 2 aliphatic heterocycles. The van der Waals surface area contributed by atoms with Crippen molar-refractivity contribution in [1.82, 2.24) is 9.96 Å². The van der Waals surface area contributed by atoms with Gasteiger partial charge in [-0.05, 0) is 17.6 Å². The smallest absolute Gasteiger partial charge is 0.301 e. The van der Waals surface area contributed by atoms with Crippen LogP contribution in [0.1, 0.15) is 13.8 Å². The van der Waals surface area contributed by atoms with Crippen molar-refractivity contribution in [1.29, 1.82) is 5.26 Å². The van der Waals surface area contributed by atoms with Crippen LogP contribution in [0.5, 0.6) is 0 Å². The number of hydrogen-bond acceptors (Lipinski definition) is 3. The number of carbonyl (C=O) groups is 1. The number of amides is 2. The lowest BCUT2D eigenvalue weighted by Gasteiger charge is -2.28. The molecular formula is C13H17N3O2. The maximum absolute atomic E-state index is 12.1. The Morgan fingerprint density at radius 2 is 2.44 bits per heavy atom. The van der Waals surface area contributed by atoms with E-state index < -0.39 is 6.04 Å². The summed E-state index contributed by atoms with van der Waals surface area (Å²) in [7, 11) is 0. The first-order valence-corrected chi connectivity index (χ1v) is 6.05. The molecule has 1 saturated heterocycles. The Labute approximate surface area is 107 Å². The molecule has 0 aliphatic carbocycles. The molecule has 0 aromatic carbocycles. The predicted molar refractivity (Wildman–Crippen MR) is 66.2 cm³/mol. The van der Waals surface area contributed by atoms with E-state index in [2.05, 4.69) is 26.5 Å². The van der Waals surface area contributed by atoms with Gasteiger partial charge in [0.25, 0.3) is 0 Å². The van der Waals surface area contributed by atoms with Gasteiger partial charge in [0, 0.05) is 0 Å². The molecule has 0 unspecified atom stereocenters. The van der Waals surface area contributed by atoms with Gasteiger partial charge in [-0.15, -0.1) is 6.58 Å². The van der Waals surface area contributed by atoms with Gasteiger partial charge in [-0.25, -0.2) is 4.79 Å². The Morgan fingerprint density at radius 1 is 1.72 bits per heavy atom. The van der Waals surface area contributed by atoms with Crippen molar-refractivity contribution >= 4 is 6.03 Å². The van der Waals surface area contributed by atoms with Gasteiger partial charge in [0.1, 0.15) is 12.1 Å². The van der Waals surface area contributed by atoms with Gasteiger partial charge in [-0.1, -0.05) is 19.9 Å². The van der Waals surface area contributed by atoms with Gasteiger partial charge < -0.3 is 4.90 Å². The van der Waals surface area contributed by atoms with Crippen LogP contribution in [0.2, 0.25) is 0 Å². The predicted octanol–water partition coefficient (Wildman–Crippen LogP) is 1.70. The molecule has 2 bridgehead atoms. The first-order chi connectivity index (χ1) is 8.60. The molecule has 1 fully saturated rings. The Morgan fingerprint density at radius 3 is 3.00 bits per heavy atom. The molecule has 5 heteroatoms. The molecule has 0 saturated carbocycles. The highest BCUT2D eigenvalue weighted by atomic mass is 16.7. The fraction of sp³-hybridized carbons (Fsp3) is 0.538. The third kappa shape index (κ3) is 1.89. The van der Waals surface area contributed by atoms with Crippen molar-refractivity contribution in [3.05, 3.63) is 24.3 Å². The molecule has 2 amide bonds. The number of hydroxylamine groups is 2. The van der Waals surface area contributed by atoms with E-state index in [0.717, 1.165) is 5.57 Å². The van der Waals surface area contributed by atoms with Crippen molar-refractivity contribution in [3.8, 4) is 6.07 Å². The first kappa shape index (κ1) is 12.7. The van der Waals surface area contributed by atoms with E-state index in [0.29, 0.717) is 13.2 Å². The Balaban J connectivity index is 2.30. The monoisotopic (exact) mass is 247 g/mol. The summed E-state index contributed by atoms with van der Waals surface area (Å²) in [5.41, 5.74) is 1.09. The standard InChI is InChI=1S/C13H17N3O2/c1-4-5-18-16-12-8-15(13(16)17)10(7-14)6-11(12)9(2)3/h4,6,9-10,12H,1,5,8H2,2-3H3/t10-,12-/m0/s1. The first-order valence-electron chi connectivity index (χ1n) is 6.05. The second-order valence-corrected chi connectivity index (χ2v) is 4.76. The van der Waals surface area contributed by atoms with Crippen LogP contribution in [-0.2, 0) is 4.84 Å². The van der Waals surface area contributed by atoms with Crippen molar-refractivity contribution in [3.63, 3.8) is 0 Å². The van der Waals surface area contributed by atoms with Crippen LogP contribution in [0, 0.1) is 17.2 Å². The van der Waals surface area contributed by atoms with Gasteiger partial charge in [0.05, 0.1) is 19.2 Å². The topological polar surface area (TPSA) is 56.6 Å². The molecule has 18 heavy (non-hydrogen) atoms. The summed E-state index contributed by atoms with van der Waals surface area (Å²) in [4.78, 5) is 19.1. The summed E-state index contributed by atoms with van der Waals surface area (Å²) in [5, 5.41) is 10.5. The number of nitriles is 1. The van der Waals surface area contributed by atoms with E-state index in [1.54, 1.807) is 11.0 Å². The number of nitrogens with zero attached hydrogens (tertiary/aromatic N) is 3. The SMILES string of the molecule is C=CCON1C(=O)N2C[C@H]1C(C(C)C)=C[C@H]2C#N. The van der Waals surface area contributed by atoms with E-state index >= 15 is 0 Å². The molecule has 2 rings (SSSR count). The molecule has 0 aromatic rings. The largest absolute Gasteiger partial charge is 0.346 e. The van der Waals surface area contributed by atoms with Crippen molar-refractivity contribution in [2.45, 2.75) is 25.9 Å². The lowest BCUT2D eigenvalue weighted by Crippen LogP contribution is -2.38. The molecule has 0 aromatic heterocycles. The van der Waals surface area contributed by atoms with Crippen LogP contribution in [0.3, 0.4) is 0 Å². The molecule has 2 atom stereocenters. The van der Waals surface area contributed by atoms with Gasteiger partial charge >= 0.3 is 6.03 Å². The van der Waals surface area contributed by atoms with Crippen LogP contribution in [-0.4, -0.2) is 41.2 Å². The summed E-state index contributed by atoms with van der Waals surface area (Å²) in [6.45, 7) is 8.51. The van der Waals surface area contributed by atoms with E-state index in [4.69, 9.17) is 10.1 Å². The minimum atomic E-state index is -0.483. The Kier molecular flexibility index (Phi) is 3.39. The van der Waals surface area contributed by atoms with Crippen LogP contribution in [0.4, 0.5) is 4.79 Å². The Hall–Kier alpha value is -1.80. The summed E-state index contributed by atoms with van der Waals surface area (Å²) >= 11 is 0. The summed E-state index contributed by atoms with van der Waals surface area (Å²) in [6.07, 6.45) is 3.49. The fourth-order valence-electron chi connectivity index (χ4n) is 2.42. The maximum Gasteiger partial charge on any atom is 0.346 e. The lowest BCUT2D eigenvalue weighted by molar-refractivity contribution is -0.111. The highest BCUT2D eigenvalue weighted by Crippen LogP contribution is 2.33. The maximum atomic E-state index is 12.1. The van der Waals surface area contributed by atoms with Crippen LogP contribution in [0.25, 0.3) is 0 Å². The second kappa shape index (κ2) is 4.83. The molecule has 5 nitrogen and oxygen atoms in total. The van der Waals surface area contributed by atoms with E-state index in [-0.39, 0.29) is 18.0 Å². The highest BCUT2D eigenvalue weighted by molar-refractivity contribution is 5.79. The van der Waals surface area contributed by atoms with Crippen LogP contribution in [0.15, 0.2) is 24.3 Å². The minimum Gasteiger partial charge on any atom is -0.301 e. The molecule has 2 heterocycles. The summed E-state index contributed by atoms with van der Waals surface area (Å²) in [6, 6.07) is 1.35.